The van der Waals surface area contributed by atoms with Gasteiger partial charge in [-0.3, -0.25) is 0 Å². The summed E-state index contributed by atoms with van der Waals surface area (Å²) in [5.41, 5.74) is 3.80. The smallest absolute Gasteiger partial charge is 0.0991 e. The fraction of sp³-hybridized carbons (Fsp3) is 0.690. The van der Waals surface area contributed by atoms with E-state index in [9.17, 15) is 0 Å². The van der Waals surface area contributed by atoms with Gasteiger partial charge in [0.25, 0.3) is 0 Å². The van der Waals surface area contributed by atoms with E-state index in [1.54, 1.807) is 5.57 Å². The number of aryl methyl sites for hydroxylation is 1. The van der Waals surface area contributed by atoms with Crippen molar-refractivity contribution < 1.29 is 0 Å². The van der Waals surface area contributed by atoms with Gasteiger partial charge in [0.2, 0.25) is 0 Å². The Morgan fingerprint density at radius 3 is 2.23 bits per heavy atom. The first-order chi connectivity index (χ1) is 14.8. The number of nitrogens with zero attached hydrogens (tertiary/aromatic N) is 1. The van der Waals surface area contributed by atoms with Crippen molar-refractivity contribution in [3.05, 3.63) is 47.0 Å². The van der Waals surface area contributed by atoms with Crippen LogP contribution >= 0.6 is 0 Å². The predicted molar refractivity (Wildman–Crippen MR) is 128 cm³/mol. The third kappa shape index (κ3) is 7.61. The summed E-state index contributed by atoms with van der Waals surface area (Å²) in [5.74, 6) is 3.00. The summed E-state index contributed by atoms with van der Waals surface area (Å²) in [7, 11) is 0. The van der Waals surface area contributed by atoms with Gasteiger partial charge in [0.15, 0.2) is 0 Å². The van der Waals surface area contributed by atoms with E-state index in [2.05, 4.69) is 31.2 Å². The molecule has 1 heteroatoms. The van der Waals surface area contributed by atoms with E-state index in [1.165, 1.54) is 102 Å². The SMILES string of the molecule is CCCCCCCCC1CCC(C2CC=C(CCc3ccc(C#N)cc3)CC2)CC1. The van der Waals surface area contributed by atoms with Gasteiger partial charge < -0.3 is 0 Å². The molecule has 2 aliphatic rings. The van der Waals surface area contributed by atoms with Gasteiger partial charge in [-0.05, 0) is 80.4 Å². The van der Waals surface area contributed by atoms with Crippen LogP contribution < -0.4 is 0 Å². The predicted octanol–water partition coefficient (Wildman–Crippen LogP) is 8.77. The second-order valence-electron chi connectivity index (χ2n) is 10.0. The molecule has 0 spiro atoms. The van der Waals surface area contributed by atoms with Gasteiger partial charge in [-0.1, -0.05) is 88.5 Å². The largest absolute Gasteiger partial charge is 0.192 e. The summed E-state index contributed by atoms with van der Waals surface area (Å²) in [5, 5.41) is 8.92. The summed E-state index contributed by atoms with van der Waals surface area (Å²) in [6.07, 6.45) is 25.1. The Balaban J connectivity index is 1.30. The maximum Gasteiger partial charge on any atom is 0.0991 e. The van der Waals surface area contributed by atoms with Crippen LogP contribution in [-0.2, 0) is 6.42 Å². The zero-order valence-electron chi connectivity index (χ0n) is 19.4. The molecule has 0 heterocycles. The second-order valence-corrected chi connectivity index (χ2v) is 10.0. The number of rotatable bonds is 11. The Morgan fingerprint density at radius 1 is 0.833 bits per heavy atom. The molecule has 0 radical (unpaired) electrons. The first kappa shape index (κ1) is 23.1. The van der Waals surface area contributed by atoms with E-state index in [-0.39, 0.29) is 0 Å². The molecule has 1 saturated carbocycles. The molecule has 30 heavy (non-hydrogen) atoms. The quantitative estimate of drug-likeness (QED) is 0.266. The molecule has 0 N–H and O–H groups in total. The molecule has 1 aromatic carbocycles. The molecule has 0 amide bonds. The molecule has 3 rings (SSSR count). The molecule has 1 nitrogen and oxygen atoms in total. The Morgan fingerprint density at radius 2 is 1.57 bits per heavy atom. The third-order valence-corrected chi connectivity index (χ3v) is 7.89. The normalized spacial score (nSPS) is 24.3. The van der Waals surface area contributed by atoms with Crippen molar-refractivity contribution in [1.29, 1.82) is 5.26 Å². The van der Waals surface area contributed by atoms with E-state index in [0.29, 0.717) is 0 Å². The third-order valence-electron chi connectivity index (χ3n) is 7.89. The molecule has 0 aromatic heterocycles. The monoisotopic (exact) mass is 405 g/mol. The molecule has 1 atom stereocenters. The van der Waals surface area contributed by atoms with E-state index >= 15 is 0 Å². The summed E-state index contributed by atoms with van der Waals surface area (Å²) in [6, 6.07) is 10.3. The Kier molecular flexibility index (Phi) is 10.0. The first-order valence-corrected chi connectivity index (χ1v) is 13.0. The summed E-state index contributed by atoms with van der Waals surface area (Å²) >= 11 is 0. The van der Waals surface area contributed by atoms with Crippen LogP contribution in [0.2, 0.25) is 0 Å². The average molecular weight is 406 g/mol. The van der Waals surface area contributed by atoms with Crippen LogP contribution in [0.5, 0.6) is 0 Å². The van der Waals surface area contributed by atoms with Crippen LogP contribution in [-0.4, -0.2) is 0 Å². The zero-order chi connectivity index (χ0) is 21.0. The zero-order valence-corrected chi connectivity index (χ0v) is 19.4. The van der Waals surface area contributed by atoms with Crippen LogP contribution in [0.1, 0.15) is 114 Å². The van der Waals surface area contributed by atoms with Crippen LogP contribution in [0.4, 0.5) is 0 Å². The Bertz CT molecular complexity index is 669. The van der Waals surface area contributed by atoms with Crippen molar-refractivity contribution in [2.45, 2.75) is 110 Å². The minimum atomic E-state index is 0.764. The Labute approximate surface area is 186 Å². The van der Waals surface area contributed by atoms with Gasteiger partial charge in [-0.15, -0.1) is 0 Å². The molecular formula is C29H43N. The van der Waals surface area contributed by atoms with Crippen molar-refractivity contribution in [3.63, 3.8) is 0 Å². The second kappa shape index (κ2) is 13.0. The van der Waals surface area contributed by atoms with Crippen molar-refractivity contribution in [1.82, 2.24) is 0 Å². The first-order valence-electron chi connectivity index (χ1n) is 13.0. The highest BCUT2D eigenvalue weighted by molar-refractivity contribution is 5.32. The highest BCUT2D eigenvalue weighted by atomic mass is 14.3. The molecule has 0 aliphatic heterocycles. The highest BCUT2D eigenvalue weighted by Gasteiger charge is 2.28. The number of unbranched alkanes of at least 4 members (excludes halogenated alkanes) is 5. The van der Waals surface area contributed by atoms with Gasteiger partial charge in [-0.2, -0.15) is 5.26 Å². The molecular weight excluding hydrogens is 362 g/mol. The maximum absolute atomic E-state index is 8.92. The lowest BCUT2D eigenvalue weighted by Gasteiger charge is -2.35. The molecule has 1 aromatic rings. The summed E-state index contributed by atoms with van der Waals surface area (Å²) in [6.45, 7) is 2.30. The van der Waals surface area contributed by atoms with E-state index in [1.807, 2.05) is 12.1 Å². The van der Waals surface area contributed by atoms with Gasteiger partial charge in [0.1, 0.15) is 0 Å². The molecule has 1 fully saturated rings. The number of nitriles is 1. The van der Waals surface area contributed by atoms with Gasteiger partial charge in [0, 0.05) is 0 Å². The number of benzene rings is 1. The van der Waals surface area contributed by atoms with E-state index < -0.39 is 0 Å². The van der Waals surface area contributed by atoms with Crippen molar-refractivity contribution in [2.24, 2.45) is 17.8 Å². The van der Waals surface area contributed by atoms with Crippen LogP contribution in [0.25, 0.3) is 0 Å². The molecule has 2 aliphatic carbocycles. The van der Waals surface area contributed by atoms with Crippen molar-refractivity contribution in [2.75, 3.05) is 0 Å². The van der Waals surface area contributed by atoms with Crippen LogP contribution in [0, 0.1) is 29.1 Å². The topological polar surface area (TPSA) is 23.8 Å². The van der Waals surface area contributed by atoms with E-state index in [0.717, 1.165) is 29.7 Å². The summed E-state index contributed by atoms with van der Waals surface area (Å²) < 4.78 is 0. The highest BCUT2D eigenvalue weighted by Crippen LogP contribution is 2.41. The van der Waals surface area contributed by atoms with Crippen LogP contribution in [0.15, 0.2) is 35.9 Å². The number of hydrogen-bond acceptors (Lipinski definition) is 1. The lowest BCUT2D eigenvalue weighted by molar-refractivity contribution is 0.185. The van der Waals surface area contributed by atoms with Gasteiger partial charge >= 0.3 is 0 Å². The Hall–Kier alpha value is -1.55. The molecule has 164 valence electrons. The average Bonchev–Trinajstić information content (AvgIpc) is 2.81. The fourth-order valence-corrected chi connectivity index (χ4v) is 5.78. The number of hydrogen-bond donors (Lipinski definition) is 0. The molecule has 1 unspecified atom stereocenters. The molecule has 0 bridgehead atoms. The minimum Gasteiger partial charge on any atom is -0.192 e. The van der Waals surface area contributed by atoms with Crippen molar-refractivity contribution >= 4 is 0 Å². The standard InChI is InChI=1S/C29H43N/c1-2-3-4-5-6-7-8-24-15-19-28(20-16-24)29-21-17-26(18-22-29)10-9-25-11-13-27(23-30)14-12-25/h11-14,17,24,28-29H,2-10,15-16,18-22H2,1H3. The van der Waals surface area contributed by atoms with E-state index in [4.69, 9.17) is 5.26 Å². The minimum absolute atomic E-state index is 0.764. The summed E-state index contributed by atoms with van der Waals surface area (Å²) in [4.78, 5) is 0. The van der Waals surface area contributed by atoms with Crippen molar-refractivity contribution in [3.8, 4) is 6.07 Å². The van der Waals surface area contributed by atoms with Gasteiger partial charge in [-0.25, -0.2) is 0 Å². The lowest BCUT2D eigenvalue weighted by Crippen LogP contribution is -2.23. The lowest BCUT2D eigenvalue weighted by atomic mass is 9.70. The fourth-order valence-electron chi connectivity index (χ4n) is 5.78. The van der Waals surface area contributed by atoms with Crippen LogP contribution in [0.3, 0.4) is 0 Å². The van der Waals surface area contributed by atoms with Gasteiger partial charge in [0.05, 0.1) is 11.6 Å². The number of allylic oxidation sites excluding steroid dienone is 2. The maximum atomic E-state index is 8.92. The molecule has 0 saturated heterocycles.